The van der Waals surface area contributed by atoms with Gasteiger partial charge in [0.2, 0.25) is 5.91 Å². The van der Waals surface area contributed by atoms with E-state index in [9.17, 15) is 4.79 Å². The summed E-state index contributed by atoms with van der Waals surface area (Å²) < 4.78 is 11.1. The van der Waals surface area contributed by atoms with Crippen molar-refractivity contribution in [2.24, 2.45) is 11.1 Å². The molecule has 0 spiro atoms. The van der Waals surface area contributed by atoms with Crippen molar-refractivity contribution in [2.75, 3.05) is 7.11 Å². The van der Waals surface area contributed by atoms with Crippen molar-refractivity contribution in [3.63, 3.8) is 0 Å². The van der Waals surface area contributed by atoms with Crippen molar-refractivity contribution in [1.29, 1.82) is 0 Å². The third kappa shape index (κ3) is 6.21. The van der Waals surface area contributed by atoms with E-state index >= 15 is 0 Å². The third-order valence-electron chi connectivity index (χ3n) is 3.62. The first kappa shape index (κ1) is 22.5. The second-order valence-corrected chi connectivity index (χ2v) is 7.15. The van der Waals surface area contributed by atoms with Gasteiger partial charge in [-0.15, -0.1) is 12.4 Å². The van der Waals surface area contributed by atoms with Crippen molar-refractivity contribution in [2.45, 2.75) is 59.7 Å². The van der Waals surface area contributed by atoms with Gasteiger partial charge in [-0.25, -0.2) is 0 Å². The van der Waals surface area contributed by atoms with Crippen molar-refractivity contribution in [3.8, 4) is 11.5 Å². The SMILES string of the molecule is COc1cc(C(C)NC(=O)[C@@H](N)C(C)(C)C)ccc1OC(C)C.Cl. The Hall–Kier alpha value is -1.46. The van der Waals surface area contributed by atoms with Crippen LogP contribution in [0.15, 0.2) is 18.2 Å². The molecule has 24 heavy (non-hydrogen) atoms. The highest BCUT2D eigenvalue weighted by molar-refractivity contribution is 5.85. The summed E-state index contributed by atoms with van der Waals surface area (Å²) in [4.78, 5) is 12.2. The minimum Gasteiger partial charge on any atom is -0.493 e. The molecule has 6 heteroatoms. The number of rotatable bonds is 6. The van der Waals surface area contributed by atoms with E-state index in [-0.39, 0.29) is 35.9 Å². The van der Waals surface area contributed by atoms with Gasteiger partial charge in [-0.1, -0.05) is 26.8 Å². The van der Waals surface area contributed by atoms with Gasteiger partial charge in [0, 0.05) is 0 Å². The van der Waals surface area contributed by atoms with Gasteiger partial charge in [0.25, 0.3) is 0 Å². The van der Waals surface area contributed by atoms with E-state index in [1.807, 2.05) is 59.7 Å². The zero-order valence-corrected chi connectivity index (χ0v) is 16.5. The quantitative estimate of drug-likeness (QED) is 0.816. The van der Waals surface area contributed by atoms with Gasteiger partial charge in [0.1, 0.15) is 0 Å². The second kappa shape index (κ2) is 9.14. The summed E-state index contributed by atoms with van der Waals surface area (Å²) in [6.07, 6.45) is 0.0664. The molecule has 1 unspecified atom stereocenters. The molecule has 1 aromatic rings. The molecule has 0 aliphatic rings. The number of hydrogen-bond donors (Lipinski definition) is 2. The Balaban J connectivity index is 0.00000529. The molecule has 0 heterocycles. The van der Waals surface area contributed by atoms with Gasteiger partial charge in [-0.05, 0) is 43.9 Å². The van der Waals surface area contributed by atoms with Gasteiger partial charge in [-0.2, -0.15) is 0 Å². The Morgan fingerprint density at radius 2 is 1.75 bits per heavy atom. The van der Waals surface area contributed by atoms with Gasteiger partial charge >= 0.3 is 0 Å². The van der Waals surface area contributed by atoms with Crippen LogP contribution in [0.1, 0.15) is 53.1 Å². The molecule has 0 aliphatic carbocycles. The van der Waals surface area contributed by atoms with E-state index < -0.39 is 6.04 Å². The van der Waals surface area contributed by atoms with E-state index in [4.69, 9.17) is 15.2 Å². The van der Waals surface area contributed by atoms with E-state index in [0.717, 1.165) is 5.56 Å². The maximum absolute atomic E-state index is 12.2. The minimum absolute atomic E-state index is 0. The lowest BCUT2D eigenvalue weighted by molar-refractivity contribution is -0.125. The molecule has 0 bridgehead atoms. The lowest BCUT2D eigenvalue weighted by Gasteiger charge is -2.27. The van der Waals surface area contributed by atoms with Crippen molar-refractivity contribution < 1.29 is 14.3 Å². The van der Waals surface area contributed by atoms with Gasteiger partial charge in [0.05, 0.1) is 25.3 Å². The molecule has 0 fully saturated rings. The van der Waals surface area contributed by atoms with Crippen molar-refractivity contribution >= 4 is 18.3 Å². The van der Waals surface area contributed by atoms with Crippen LogP contribution in [0.2, 0.25) is 0 Å². The monoisotopic (exact) mass is 358 g/mol. The standard InChI is InChI=1S/C18H30N2O3.ClH/c1-11(2)23-14-9-8-13(10-15(14)22-7)12(3)20-17(21)16(19)18(4,5)6;/h8-12,16H,19H2,1-7H3,(H,20,21);1H/t12?,16-;/m1./s1. The number of benzene rings is 1. The first-order chi connectivity index (χ1) is 10.6. The zero-order chi connectivity index (χ0) is 17.8. The van der Waals surface area contributed by atoms with Crippen LogP contribution in [0.3, 0.4) is 0 Å². The fourth-order valence-electron chi connectivity index (χ4n) is 2.08. The van der Waals surface area contributed by atoms with Crippen LogP contribution >= 0.6 is 12.4 Å². The number of hydrogen-bond acceptors (Lipinski definition) is 4. The van der Waals surface area contributed by atoms with E-state index in [1.54, 1.807) is 7.11 Å². The maximum atomic E-state index is 12.2. The molecule has 0 saturated carbocycles. The number of nitrogens with two attached hydrogens (primary N) is 1. The number of methoxy groups -OCH3 is 1. The van der Waals surface area contributed by atoms with E-state index in [2.05, 4.69) is 5.32 Å². The largest absolute Gasteiger partial charge is 0.493 e. The molecular weight excluding hydrogens is 328 g/mol. The predicted molar refractivity (Wildman–Crippen MR) is 100.0 cm³/mol. The molecule has 138 valence electrons. The molecule has 0 saturated heterocycles. The zero-order valence-electron chi connectivity index (χ0n) is 15.7. The third-order valence-corrected chi connectivity index (χ3v) is 3.62. The van der Waals surface area contributed by atoms with Crippen LogP contribution in [0.25, 0.3) is 0 Å². The molecule has 1 amide bonds. The number of ether oxygens (including phenoxy) is 2. The Morgan fingerprint density at radius 3 is 2.21 bits per heavy atom. The number of amides is 1. The van der Waals surface area contributed by atoms with Crippen LogP contribution in [-0.2, 0) is 4.79 Å². The van der Waals surface area contributed by atoms with E-state index in [1.165, 1.54) is 0 Å². The van der Waals surface area contributed by atoms with Crippen LogP contribution in [0.5, 0.6) is 11.5 Å². The first-order valence-corrected chi connectivity index (χ1v) is 7.96. The topological polar surface area (TPSA) is 73.6 Å². The minimum atomic E-state index is -0.560. The van der Waals surface area contributed by atoms with Gasteiger partial charge in [0.15, 0.2) is 11.5 Å². The number of carbonyl (C=O) groups is 1. The van der Waals surface area contributed by atoms with Gasteiger partial charge < -0.3 is 20.5 Å². The molecule has 0 aliphatic heterocycles. The predicted octanol–water partition coefficient (Wildman–Crippen LogP) is 3.45. The van der Waals surface area contributed by atoms with E-state index in [0.29, 0.717) is 11.5 Å². The fraction of sp³-hybridized carbons (Fsp3) is 0.611. The summed E-state index contributed by atoms with van der Waals surface area (Å²) in [6.45, 7) is 11.7. The molecular formula is C18H31ClN2O3. The molecule has 2 atom stereocenters. The molecule has 5 nitrogen and oxygen atoms in total. The molecule has 0 radical (unpaired) electrons. The highest BCUT2D eigenvalue weighted by Gasteiger charge is 2.28. The van der Waals surface area contributed by atoms with Crippen LogP contribution in [0.4, 0.5) is 0 Å². The molecule has 1 rings (SSSR count). The summed E-state index contributed by atoms with van der Waals surface area (Å²) in [6, 6.07) is 4.94. The average Bonchev–Trinajstić information content (AvgIpc) is 2.44. The van der Waals surface area contributed by atoms with Crippen LogP contribution in [0, 0.1) is 5.41 Å². The lowest BCUT2D eigenvalue weighted by atomic mass is 9.86. The summed E-state index contributed by atoms with van der Waals surface area (Å²) in [5.41, 5.74) is 6.66. The summed E-state index contributed by atoms with van der Waals surface area (Å²) in [5.74, 6) is 1.18. The normalized spacial score (nSPS) is 13.7. The maximum Gasteiger partial charge on any atom is 0.237 e. The Labute approximate surface area is 151 Å². The highest BCUT2D eigenvalue weighted by Crippen LogP contribution is 2.31. The molecule has 1 aromatic carbocycles. The molecule has 3 N–H and O–H groups in total. The smallest absolute Gasteiger partial charge is 0.237 e. The Kier molecular flexibility index (Phi) is 8.58. The Morgan fingerprint density at radius 1 is 1.17 bits per heavy atom. The van der Waals surface area contributed by atoms with Crippen molar-refractivity contribution in [1.82, 2.24) is 5.32 Å². The molecule has 0 aromatic heterocycles. The fourth-order valence-corrected chi connectivity index (χ4v) is 2.08. The first-order valence-electron chi connectivity index (χ1n) is 7.96. The summed E-state index contributed by atoms with van der Waals surface area (Å²) in [5, 5.41) is 2.95. The highest BCUT2D eigenvalue weighted by atomic mass is 35.5. The van der Waals surface area contributed by atoms with Crippen LogP contribution in [-0.4, -0.2) is 25.2 Å². The van der Waals surface area contributed by atoms with Crippen molar-refractivity contribution in [3.05, 3.63) is 23.8 Å². The lowest BCUT2D eigenvalue weighted by Crippen LogP contribution is -2.49. The van der Waals surface area contributed by atoms with Gasteiger partial charge in [-0.3, -0.25) is 4.79 Å². The second-order valence-electron chi connectivity index (χ2n) is 7.15. The number of nitrogens with one attached hydrogen (secondary N) is 1. The Bertz CT molecular complexity index is 542. The average molecular weight is 359 g/mol. The number of carbonyl (C=O) groups excluding carboxylic acids is 1. The summed E-state index contributed by atoms with van der Waals surface area (Å²) in [7, 11) is 1.60. The van der Waals surface area contributed by atoms with Crippen LogP contribution < -0.4 is 20.5 Å². The number of halogens is 1. The summed E-state index contributed by atoms with van der Waals surface area (Å²) >= 11 is 0.